The third-order valence-corrected chi connectivity index (χ3v) is 3.75. The minimum Gasteiger partial charge on any atom is -0.468 e. The van der Waals surface area contributed by atoms with Gasteiger partial charge in [0.15, 0.2) is 0 Å². The maximum absolute atomic E-state index is 13.5. The Morgan fingerprint density at radius 2 is 2.25 bits per heavy atom. The van der Waals surface area contributed by atoms with Crippen molar-refractivity contribution < 1.29 is 13.6 Å². The Kier molecular flexibility index (Phi) is 5.49. The highest BCUT2D eigenvalue weighted by Gasteiger charge is 2.11. The predicted octanol–water partition coefficient (Wildman–Crippen LogP) is 3.74. The topological polar surface area (TPSA) is 42.2 Å². The minimum absolute atomic E-state index is 0.00503. The number of halogens is 2. The van der Waals surface area contributed by atoms with Gasteiger partial charge in [0.2, 0.25) is 0 Å². The lowest BCUT2D eigenvalue weighted by atomic mass is 10.2. The molecule has 0 saturated carbocycles. The quantitative estimate of drug-likeness (QED) is 0.826. The molecule has 1 aromatic heterocycles. The van der Waals surface area contributed by atoms with Gasteiger partial charge in [0.25, 0.3) is 5.91 Å². The standard InChI is InChI=1S/C14H13ClFNO2S/c15-10-3-4-12(13(16)8-10)14(18)17-5-7-20-9-11-2-1-6-19-11/h1-4,6,8H,5,7,9H2,(H,17,18). The number of nitrogens with one attached hydrogen (secondary N) is 1. The molecule has 0 bridgehead atoms. The first-order chi connectivity index (χ1) is 9.66. The SMILES string of the molecule is O=C(NCCSCc1ccco1)c1ccc(Cl)cc1F. The molecule has 0 atom stereocenters. The summed E-state index contributed by atoms with van der Waals surface area (Å²) in [7, 11) is 0. The molecule has 0 saturated heterocycles. The Balaban J connectivity index is 1.72. The van der Waals surface area contributed by atoms with Crippen molar-refractivity contribution in [1.29, 1.82) is 0 Å². The lowest BCUT2D eigenvalue weighted by Crippen LogP contribution is -2.26. The predicted molar refractivity (Wildman–Crippen MR) is 78.6 cm³/mol. The third kappa shape index (κ3) is 4.28. The van der Waals surface area contributed by atoms with Crippen LogP contribution < -0.4 is 5.32 Å². The summed E-state index contributed by atoms with van der Waals surface area (Å²) in [6, 6.07) is 7.73. The van der Waals surface area contributed by atoms with Gasteiger partial charge in [0.1, 0.15) is 11.6 Å². The van der Waals surface area contributed by atoms with Crippen molar-refractivity contribution in [2.75, 3.05) is 12.3 Å². The Morgan fingerprint density at radius 1 is 1.40 bits per heavy atom. The molecule has 1 amide bonds. The summed E-state index contributed by atoms with van der Waals surface area (Å²) in [6.07, 6.45) is 1.63. The Bertz CT molecular complexity index is 575. The van der Waals surface area contributed by atoms with Crippen LogP contribution >= 0.6 is 23.4 Å². The van der Waals surface area contributed by atoms with Crippen LogP contribution in [0.2, 0.25) is 5.02 Å². The van der Waals surface area contributed by atoms with Gasteiger partial charge < -0.3 is 9.73 Å². The Labute approximate surface area is 125 Å². The maximum atomic E-state index is 13.5. The number of carbonyl (C=O) groups is 1. The summed E-state index contributed by atoms with van der Waals surface area (Å²) >= 11 is 7.26. The molecule has 0 spiro atoms. The smallest absolute Gasteiger partial charge is 0.254 e. The molecule has 3 nitrogen and oxygen atoms in total. The first-order valence-corrected chi connectivity index (χ1v) is 7.53. The Morgan fingerprint density at radius 3 is 2.95 bits per heavy atom. The molecule has 0 aliphatic rings. The van der Waals surface area contributed by atoms with Crippen LogP contribution in [0.5, 0.6) is 0 Å². The number of benzene rings is 1. The van der Waals surface area contributed by atoms with E-state index in [0.717, 1.165) is 23.3 Å². The highest BCUT2D eigenvalue weighted by Crippen LogP contribution is 2.15. The molecule has 0 fully saturated rings. The van der Waals surface area contributed by atoms with Crippen molar-refractivity contribution in [2.24, 2.45) is 0 Å². The van der Waals surface area contributed by atoms with E-state index >= 15 is 0 Å². The zero-order chi connectivity index (χ0) is 14.4. The van der Waals surface area contributed by atoms with Gasteiger partial charge in [-0.05, 0) is 30.3 Å². The highest BCUT2D eigenvalue weighted by molar-refractivity contribution is 7.98. The van der Waals surface area contributed by atoms with Crippen LogP contribution in [-0.4, -0.2) is 18.2 Å². The number of furan rings is 1. The number of hydrogen-bond donors (Lipinski definition) is 1. The zero-order valence-corrected chi connectivity index (χ0v) is 12.1. The van der Waals surface area contributed by atoms with E-state index in [-0.39, 0.29) is 10.6 Å². The van der Waals surface area contributed by atoms with Crippen molar-refractivity contribution >= 4 is 29.3 Å². The second-order valence-corrected chi connectivity index (χ2v) is 5.55. The van der Waals surface area contributed by atoms with Gasteiger partial charge in [0.05, 0.1) is 17.6 Å². The Hall–Kier alpha value is -1.46. The van der Waals surface area contributed by atoms with Crippen LogP contribution in [0.4, 0.5) is 4.39 Å². The van der Waals surface area contributed by atoms with Gasteiger partial charge in [-0.2, -0.15) is 11.8 Å². The largest absolute Gasteiger partial charge is 0.468 e. The van der Waals surface area contributed by atoms with Gasteiger partial charge in [-0.1, -0.05) is 11.6 Å². The second kappa shape index (κ2) is 7.36. The molecule has 2 rings (SSSR count). The molecule has 0 aliphatic carbocycles. The van der Waals surface area contributed by atoms with E-state index in [0.29, 0.717) is 6.54 Å². The van der Waals surface area contributed by atoms with Crippen molar-refractivity contribution in [2.45, 2.75) is 5.75 Å². The first kappa shape index (κ1) is 14.9. The van der Waals surface area contributed by atoms with Crippen LogP contribution in [0.1, 0.15) is 16.1 Å². The van der Waals surface area contributed by atoms with Crippen LogP contribution in [0.25, 0.3) is 0 Å². The van der Waals surface area contributed by atoms with E-state index in [1.54, 1.807) is 18.0 Å². The van der Waals surface area contributed by atoms with E-state index in [1.807, 2.05) is 12.1 Å². The van der Waals surface area contributed by atoms with Crippen molar-refractivity contribution in [3.05, 3.63) is 58.8 Å². The van der Waals surface area contributed by atoms with Crippen molar-refractivity contribution in [1.82, 2.24) is 5.32 Å². The number of amides is 1. The number of thioether (sulfide) groups is 1. The molecule has 106 valence electrons. The zero-order valence-electron chi connectivity index (χ0n) is 10.6. The molecule has 6 heteroatoms. The van der Waals surface area contributed by atoms with Crippen LogP contribution in [0.3, 0.4) is 0 Å². The number of carbonyl (C=O) groups excluding carboxylic acids is 1. The molecular formula is C14H13ClFNO2S. The number of rotatable bonds is 6. The fourth-order valence-corrected chi connectivity index (χ4v) is 2.49. The summed E-state index contributed by atoms with van der Waals surface area (Å²) in [5, 5.41) is 2.94. The van der Waals surface area contributed by atoms with E-state index in [4.69, 9.17) is 16.0 Å². The molecular weight excluding hydrogens is 301 g/mol. The van der Waals surface area contributed by atoms with Gasteiger partial charge in [0, 0.05) is 17.3 Å². The highest BCUT2D eigenvalue weighted by atomic mass is 35.5. The number of hydrogen-bond acceptors (Lipinski definition) is 3. The monoisotopic (exact) mass is 313 g/mol. The average molecular weight is 314 g/mol. The van der Waals surface area contributed by atoms with E-state index in [9.17, 15) is 9.18 Å². The van der Waals surface area contributed by atoms with E-state index < -0.39 is 11.7 Å². The molecule has 20 heavy (non-hydrogen) atoms. The fraction of sp³-hybridized carbons (Fsp3) is 0.214. The average Bonchev–Trinajstić information content (AvgIpc) is 2.91. The fourth-order valence-electron chi connectivity index (χ4n) is 1.57. The molecule has 1 aromatic carbocycles. The lowest BCUT2D eigenvalue weighted by molar-refractivity contribution is 0.0952. The summed E-state index contributed by atoms with van der Waals surface area (Å²) in [5.74, 6) is 1.32. The van der Waals surface area contributed by atoms with Crippen LogP contribution in [0.15, 0.2) is 41.0 Å². The first-order valence-electron chi connectivity index (χ1n) is 6.00. The molecule has 1 N–H and O–H groups in total. The molecule has 2 aromatic rings. The third-order valence-electron chi connectivity index (χ3n) is 2.53. The van der Waals surface area contributed by atoms with E-state index in [2.05, 4.69) is 5.32 Å². The normalized spacial score (nSPS) is 10.5. The second-order valence-electron chi connectivity index (χ2n) is 4.01. The van der Waals surface area contributed by atoms with Gasteiger partial charge in [-0.25, -0.2) is 4.39 Å². The molecule has 0 aliphatic heterocycles. The van der Waals surface area contributed by atoms with Crippen LogP contribution in [-0.2, 0) is 5.75 Å². The summed E-state index contributed by atoms with van der Waals surface area (Å²) in [6.45, 7) is 0.465. The van der Waals surface area contributed by atoms with Crippen molar-refractivity contribution in [3.8, 4) is 0 Å². The molecule has 1 heterocycles. The van der Waals surface area contributed by atoms with E-state index in [1.165, 1.54) is 12.1 Å². The van der Waals surface area contributed by atoms with Gasteiger partial charge >= 0.3 is 0 Å². The minimum atomic E-state index is -0.613. The van der Waals surface area contributed by atoms with Crippen LogP contribution in [0, 0.1) is 5.82 Å². The summed E-state index contributed by atoms with van der Waals surface area (Å²) < 4.78 is 18.7. The molecule has 0 radical (unpaired) electrons. The molecule has 0 unspecified atom stereocenters. The van der Waals surface area contributed by atoms with Gasteiger partial charge in [-0.3, -0.25) is 4.79 Å². The maximum Gasteiger partial charge on any atom is 0.254 e. The lowest BCUT2D eigenvalue weighted by Gasteiger charge is -2.06. The van der Waals surface area contributed by atoms with Gasteiger partial charge in [-0.15, -0.1) is 0 Å². The van der Waals surface area contributed by atoms with Crippen molar-refractivity contribution in [3.63, 3.8) is 0 Å². The summed E-state index contributed by atoms with van der Waals surface area (Å²) in [4.78, 5) is 11.7. The summed E-state index contributed by atoms with van der Waals surface area (Å²) in [5.41, 5.74) is 0.00503.